The molecule has 33 heavy (non-hydrogen) atoms. The van der Waals surface area contributed by atoms with Gasteiger partial charge in [-0.05, 0) is 48.5 Å². The first-order valence-electron chi connectivity index (χ1n) is 10.4. The predicted molar refractivity (Wildman–Crippen MR) is 128 cm³/mol. The SMILES string of the molecule is COc1ccc(-c2nc3ccccc3o2)cc1NC(=O)/C=C/c1ccc(-c2ccccc2)o1. The molecular weight excluding hydrogens is 416 g/mol. The summed E-state index contributed by atoms with van der Waals surface area (Å²) in [4.78, 5) is 17.1. The summed E-state index contributed by atoms with van der Waals surface area (Å²) in [6.45, 7) is 0. The second kappa shape index (κ2) is 8.88. The van der Waals surface area contributed by atoms with E-state index in [1.807, 2.05) is 72.8 Å². The molecule has 5 rings (SSSR count). The van der Waals surface area contributed by atoms with Crippen LogP contribution >= 0.6 is 0 Å². The number of hydrogen-bond donors (Lipinski definition) is 1. The number of methoxy groups -OCH3 is 1. The molecule has 0 bridgehead atoms. The average molecular weight is 436 g/mol. The normalized spacial score (nSPS) is 11.2. The zero-order valence-corrected chi connectivity index (χ0v) is 17.8. The second-order valence-corrected chi connectivity index (χ2v) is 7.29. The molecule has 162 valence electrons. The van der Waals surface area contributed by atoms with E-state index in [0.717, 1.165) is 22.4 Å². The van der Waals surface area contributed by atoms with Gasteiger partial charge in [0.15, 0.2) is 5.58 Å². The van der Waals surface area contributed by atoms with Crippen molar-refractivity contribution in [3.8, 4) is 28.5 Å². The van der Waals surface area contributed by atoms with Gasteiger partial charge in [-0.15, -0.1) is 0 Å². The molecule has 6 heteroatoms. The largest absolute Gasteiger partial charge is 0.495 e. The number of carbonyl (C=O) groups is 1. The third-order valence-corrected chi connectivity index (χ3v) is 5.08. The smallest absolute Gasteiger partial charge is 0.248 e. The maximum Gasteiger partial charge on any atom is 0.248 e. The second-order valence-electron chi connectivity index (χ2n) is 7.29. The molecular formula is C27H20N2O4. The van der Waals surface area contributed by atoms with Crippen molar-refractivity contribution in [1.29, 1.82) is 0 Å². The van der Waals surface area contributed by atoms with Gasteiger partial charge >= 0.3 is 0 Å². The van der Waals surface area contributed by atoms with E-state index in [1.165, 1.54) is 6.08 Å². The van der Waals surface area contributed by atoms with E-state index >= 15 is 0 Å². The Balaban J connectivity index is 1.34. The number of oxazole rings is 1. The summed E-state index contributed by atoms with van der Waals surface area (Å²) in [6.07, 6.45) is 3.04. The Morgan fingerprint density at radius 1 is 0.909 bits per heavy atom. The number of furan rings is 1. The molecule has 3 aromatic carbocycles. The van der Waals surface area contributed by atoms with Crippen molar-refractivity contribution in [2.75, 3.05) is 12.4 Å². The highest BCUT2D eigenvalue weighted by molar-refractivity contribution is 6.03. The Bertz CT molecular complexity index is 1410. The molecule has 0 aliphatic heterocycles. The minimum atomic E-state index is -0.319. The Morgan fingerprint density at radius 3 is 2.55 bits per heavy atom. The predicted octanol–water partition coefficient (Wildman–Crippen LogP) is 6.42. The standard InChI is InChI=1S/C27H20N2O4/c1-31-24-14-11-19(27-29-21-9-5-6-10-25(21)33-27)17-22(24)28-26(30)16-13-20-12-15-23(32-20)18-7-3-2-4-8-18/h2-17H,1H3,(H,28,30)/b16-13+. The number of rotatable bonds is 6. The fraction of sp³-hybridized carbons (Fsp3) is 0.0370. The van der Waals surface area contributed by atoms with Crippen molar-refractivity contribution >= 4 is 28.8 Å². The first-order valence-corrected chi connectivity index (χ1v) is 10.4. The number of anilines is 1. The van der Waals surface area contributed by atoms with E-state index in [0.29, 0.717) is 28.7 Å². The van der Waals surface area contributed by atoms with Crippen LogP contribution in [0.25, 0.3) is 40.0 Å². The van der Waals surface area contributed by atoms with Crippen molar-refractivity contribution in [2.24, 2.45) is 0 Å². The number of hydrogen-bond acceptors (Lipinski definition) is 5. The maximum absolute atomic E-state index is 12.6. The lowest BCUT2D eigenvalue weighted by molar-refractivity contribution is -0.111. The number of fused-ring (bicyclic) bond motifs is 1. The molecule has 0 unspecified atom stereocenters. The van der Waals surface area contributed by atoms with Crippen molar-refractivity contribution < 1.29 is 18.4 Å². The van der Waals surface area contributed by atoms with Crippen molar-refractivity contribution in [1.82, 2.24) is 4.98 Å². The zero-order chi connectivity index (χ0) is 22.6. The summed E-state index contributed by atoms with van der Waals surface area (Å²) >= 11 is 0. The molecule has 1 amide bonds. The Hall–Kier alpha value is -4.58. The molecule has 0 saturated heterocycles. The van der Waals surface area contributed by atoms with Gasteiger partial charge in [-0.2, -0.15) is 0 Å². The van der Waals surface area contributed by atoms with E-state index in [1.54, 1.807) is 25.3 Å². The topological polar surface area (TPSA) is 77.5 Å². The lowest BCUT2D eigenvalue weighted by Crippen LogP contribution is -2.09. The third kappa shape index (κ3) is 4.41. The molecule has 2 heterocycles. The summed E-state index contributed by atoms with van der Waals surface area (Å²) in [6, 6.07) is 26.4. The summed E-state index contributed by atoms with van der Waals surface area (Å²) < 4.78 is 17.1. The molecule has 0 atom stereocenters. The minimum Gasteiger partial charge on any atom is -0.495 e. The van der Waals surface area contributed by atoms with E-state index in [2.05, 4.69) is 10.3 Å². The zero-order valence-electron chi connectivity index (χ0n) is 17.8. The van der Waals surface area contributed by atoms with Crippen molar-refractivity contribution in [3.05, 3.63) is 96.8 Å². The number of amides is 1. The van der Waals surface area contributed by atoms with Gasteiger partial charge in [0.25, 0.3) is 0 Å². The van der Waals surface area contributed by atoms with Crippen LogP contribution in [0.1, 0.15) is 5.76 Å². The fourth-order valence-corrected chi connectivity index (χ4v) is 3.47. The molecule has 0 spiro atoms. The molecule has 0 aliphatic rings. The number of carbonyl (C=O) groups excluding carboxylic acids is 1. The summed E-state index contributed by atoms with van der Waals surface area (Å²) in [5, 5.41) is 2.85. The van der Waals surface area contributed by atoms with Crippen LogP contribution < -0.4 is 10.1 Å². The summed E-state index contributed by atoms with van der Waals surface area (Å²) in [7, 11) is 1.55. The van der Waals surface area contributed by atoms with Crippen molar-refractivity contribution in [3.63, 3.8) is 0 Å². The van der Waals surface area contributed by atoms with Crippen LogP contribution in [0.15, 0.2) is 99.8 Å². The first kappa shape index (κ1) is 20.3. The van der Waals surface area contributed by atoms with E-state index in [-0.39, 0.29) is 5.91 Å². The highest BCUT2D eigenvalue weighted by Gasteiger charge is 2.13. The van der Waals surface area contributed by atoms with Crippen LogP contribution in [0, 0.1) is 0 Å². The number of aromatic nitrogens is 1. The van der Waals surface area contributed by atoms with Crippen LogP contribution in [-0.2, 0) is 4.79 Å². The van der Waals surface area contributed by atoms with Gasteiger partial charge in [0, 0.05) is 17.2 Å². The first-order chi connectivity index (χ1) is 16.2. The molecule has 0 fully saturated rings. The number of nitrogens with one attached hydrogen (secondary N) is 1. The Morgan fingerprint density at radius 2 is 1.73 bits per heavy atom. The highest BCUT2D eigenvalue weighted by atomic mass is 16.5. The van der Waals surface area contributed by atoms with Crippen LogP contribution in [0.5, 0.6) is 5.75 Å². The van der Waals surface area contributed by atoms with E-state index in [9.17, 15) is 4.79 Å². The molecule has 5 aromatic rings. The van der Waals surface area contributed by atoms with Crippen LogP contribution in [0.2, 0.25) is 0 Å². The monoisotopic (exact) mass is 436 g/mol. The minimum absolute atomic E-state index is 0.319. The number of nitrogens with zero attached hydrogens (tertiary/aromatic N) is 1. The van der Waals surface area contributed by atoms with Gasteiger partial charge in [0.05, 0.1) is 12.8 Å². The molecule has 0 saturated carbocycles. The molecule has 0 aliphatic carbocycles. The number of para-hydroxylation sites is 2. The quantitative estimate of drug-likeness (QED) is 0.311. The Labute approximate surface area is 190 Å². The maximum atomic E-state index is 12.6. The van der Waals surface area contributed by atoms with Crippen LogP contribution in [0.3, 0.4) is 0 Å². The third-order valence-electron chi connectivity index (χ3n) is 5.08. The van der Waals surface area contributed by atoms with Crippen LogP contribution in [-0.4, -0.2) is 18.0 Å². The van der Waals surface area contributed by atoms with Gasteiger partial charge in [-0.25, -0.2) is 4.98 Å². The fourth-order valence-electron chi connectivity index (χ4n) is 3.47. The molecule has 6 nitrogen and oxygen atoms in total. The van der Waals surface area contributed by atoms with E-state index in [4.69, 9.17) is 13.6 Å². The molecule has 0 radical (unpaired) electrons. The lowest BCUT2D eigenvalue weighted by atomic mass is 10.2. The van der Waals surface area contributed by atoms with Gasteiger partial charge in [0.2, 0.25) is 11.8 Å². The van der Waals surface area contributed by atoms with Crippen LogP contribution in [0.4, 0.5) is 5.69 Å². The summed E-state index contributed by atoms with van der Waals surface area (Å²) in [5.41, 5.74) is 3.68. The molecule has 1 N–H and O–H groups in total. The number of ether oxygens (including phenoxy) is 1. The van der Waals surface area contributed by atoms with Gasteiger partial charge in [0.1, 0.15) is 22.8 Å². The lowest BCUT2D eigenvalue weighted by Gasteiger charge is -2.10. The van der Waals surface area contributed by atoms with E-state index < -0.39 is 0 Å². The van der Waals surface area contributed by atoms with Gasteiger partial charge in [-0.1, -0.05) is 42.5 Å². The molecule has 2 aromatic heterocycles. The van der Waals surface area contributed by atoms with Gasteiger partial charge in [-0.3, -0.25) is 4.79 Å². The summed E-state index contributed by atoms with van der Waals surface area (Å²) in [5.74, 6) is 2.00. The average Bonchev–Trinajstić information content (AvgIpc) is 3.51. The number of benzene rings is 3. The Kier molecular flexibility index (Phi) is 5.47. The van der Waals surface area contributed by atoms with Gasteiger partial charge < -0.3 is 18.9 Å². The van der Waals surface area contributed by atoms with Crippen molar-refractivity contribution in [2.45, 2.75) is 0 Å². The highest BCUT2D eigenvalue weighted by Crippen LogP contribution is 2.32.